The van der Waals surface area contributed by atoms with E-state index in [1.807, 2.05) is 6.20 Å². The molecule has 0 aliphatic heterocycles. The van der Waals surface area contributed by atoms with Crippen LogP contribution in [0.5, 0.6) is 0 Å². The van der Waals surface area contributed by atoms with E-state index in [1.165, 1.54) is 5.56 Å². The van der Waals surface area contributed by atoms with Crippen molar-refractivity contribution in [1.29, 1.82) is 0 Å². The Kier molecular flexibility index (Phi) is 5.04. The minimum absolute atomic E-state index is 0.599. The first-order valence-corrected chi connectivity index (χ1v) is 5.60. The fourth-order valence-corrected chi connectivity index (χ4v) is 1.46. The minimum atomic E-state index is 0.599. The Morgan fingerprint density at radius 3 is 2.80 bits per heavy atom. The lowest BCUT2D eigenvalue weighted by molar-refractivity contribution is 0.841. The lowest BCUT2D eigenvalue weighted by Crippen LogP contribution is -2.15. The lowest BCUT2D eigenvalue weighted by atomic mass is 10.1. The molecular formula is C11H20N4. The van der Waals surface area contributed by atoms with Crippen LogP contribution in [0.25, 0.3) is 0 Å². The molecule has 0 saturated carbocycles. The third-order valence-corrected chi connectivity index (χ3v) is 2.25. The topological polar surface area (TPSA) is 63.8 Å². The van der Waals surface area contributed by atoms with Gasteiger partial charge in [-0.05, 0) is 18.4 Å². The summed E-state index contributed by atoms with van der Waals surface area (Å²) in [4.78, 5) is 8.75. The van der Waals surface area contributed by atoms with E-state index < -0.39 is 0 Å². The van der Waals surface area contributed by atoms with Gasteiger partial charge < -0.3 is 11.1 Å². The first-order chi connectivity index (χ1) is 7.31. The molecule has 4 nitrogen and oxygen atoms in total. The molecule has 0 aliphatic rings. The smallest absolute Gasteiger partial charge is 0.222 e. The molecule has 0 saturated heterocycles. The van der Waals surface area contributed by atoms with Crippen molar-refractivity contribution in [1.82, 2.24) is 9.97 Å². The summed E-state index contributed by atoms with van der Waals surface area (Å²) >= 11 is 0. The van der Waals surface area contributed by atoms with Crippen molar-refractivity contribution in [2.45, 2.75) is 33.1 Å². The monoisotopic (exact) mass is 208 g/mol. The summed E-state index contributed by atoms with van der Waals surface area (Å²) in [5.41, 5.74) is 7.82. The second-order valence-corrected chi connectivity index (χ2v) is 3.48. The van der Waals surface area contributed by atoms with Gasteiger partial charge in [-0.3, -0.25) is 0 Å². The standard InChI is InChI=1S/C11H20N4/c1-3-5-10-9(4-2)8-14-11(15-10)13-7-6-12/h8H,3-7,12H2,1-2H3,(H,13,14,15). The van der Waals surface area contributed by atoms with Crippen LogP contribution in [0.1, 0.15) is 31.5 Å². The van der Waals surface area contributed by atoms with Gasteiger partial charge in [-0.25, -0.2) is 9.97 Å². The van der Waals surface area contributed by atoms with Crippen LogP contribution >= 0.6 is 0 Å². The second kappa shape index (κ2) is 6.35. The summed E-state index contributed by atoms with van der Waals surface area (Å²) in [7, 11) is 0. The van der Waals surface area contributed by atoms with Gasteiger partial charge in [-0.2, -0.15) is 0 Å². The summed E-state index contributed by atoms with van der Waals surface area (Å²) in [6.07, 6.45) is 5.03. The first-order valence-electron chi connectivity index (χ1n) is 5.60. The van der Waals surface area contributed by atoms with E-state index in [1.54, 1.807) is 0 Å². The van der Waals surface area contributed by atoms with Crippen LogP contribution in [0.3, 0.4) is 0 Å². The van der Waals surface area contributed by atoms with Crippen LogP contribution in [0.15, 0.2) is 6.20 Å². The Labute approximate surface area is 91.3 Å². The Hall–Kier alpha value is -1.16. The molecule has 0 amide bonds. The van der Waals surface area contributed by atoms with Gasteiger partial charge in [0.2, 0.25) is 5.95 Å². The van der Waals surface area contributed by atoms with E-state index in [9.17, 15) is 0 Å². The second-order valence-electron chi connectivity index (χ2n) is 3.48. The largest absolute Gasteiger partial charge is 0.353 e. The maximum atomic E-state index is 5.41. The molecule has 1 heterocycles. The van der Waals surface area contributed by atoms with E-state index in [0.29, 0.717) is 12.5 Å². The molecule has 0 spiro atoms. The highest BCUT2D eigenvalue weighted by Gasteiger charge is 2.04. The minimum Gasteiger partial charge on any atom is -0.353 e. The maximum Gasteiger partial charge on any atom is 0.222 e. The third-order valence-electron chi connectivity index (χ3n) is 2.25. The molecule has 0 unspecified atom stereocenters. The summed E-state index contributed by atoms with van der Waals surface area (Å²) < 4.78 is 0. The van der Waals surface area contributed by atoms with Gasteiger partial charge >= 0.3 is 0 Å². The van der Waals surface area contributed by atoms with E-state index in [4.69, 9.17) is 5.73 Å². The molecule has 1 aromatic heterocycles. The van der Waals surface area contributed by atoms with Crippen molar-refractivity contribution >= 4 is 5.95 Å². The van der Waals surface area contributed by atoms with Crippen LogP contribution in [0.4, 0.5) is 5.95 Å². The van der Waals surface area contributed by atoms with Gasteiger partial charge in [0, 0.05) is 25.0 Å². The van der Waals surface area contributed by atoms with Crippen molar-refractivity contribution in [3.8, 4) is 0 Å². The van der Waals surface area contributed by atoms with Gasteiger partial charge in [0.1, 0.15) is 0 Å². The van der Waals surface area contributed by atoms with E-state index in [2.05, 4.69) is 29.1 Å². The van der Waals surface area contributed by atoms with Crippen LogP contribution in [-0.2, 0) is 12.8 Å². The highest BCUT2D eigenvalue weighted by molar-refractivity contribution is 5.29. The van der Waals surface area contributed by atoms with Gasteiger partial charge in [0.15, 0.2) is 0 Å². The van der Waals surface area contributed by atoms with Crippen molar-refractivity contribution in [3.05, 3.63) is 17.5 Å². The molecule has 0 atom stereocenters. The maximum absolute atomic E-state index is 5.41. The summed E-state index contributed by atoms with van der Waals surface area (Å²) in [5, 5.41) is 3.10. The van der Waals surface area contributed by atoms with E-state index in [0.717, 1.165) is 31.5 Å². The molecule has 15 heavy (non-hydrogen) atoms. The number of rotatable bonds is 6. The van der Waals surface area contributed by atoms with Crippen LogP contribution in [0, 0.1) is 0 Å². The molecule has 0 aromatic carbocycles. The van der Waals surface area contributed by atoms with Gasteiger partial charge in [0.25, 0.3) is 0 Å². The normalized spacial score (nSPS) is 10.3. The van der Waals surface area contributed by atoms with Crippen LogP contribution in [-0.4, -0.2) is 23.1 Å². The molecule has 0 radical (unpaired) electrons. The number of hydrogen-bond acceptors (Lipinski definition) is 4. The SMILES string of the molecule is CCCc1nc(NCCN)ncc1CC. The number of hydrogen-bond donors (Lipinski definition) is 2. The number of nitrogens with one attached hydrogen (secondary N) is 1. The lowest BCUT2D eigenvalue weighted by Gasteiger charge is -2.08. The van der Waals surface area contributed by atoms with Crippen LogP contribution in [0.2, 0.25) is 0 Å². The average molecular weight is 208 g/mol. The number of anilines is 1. The molecule has 84 valence electrons. The summed E-state index contributed by atoms with van der Waals surface area (Å²) in [6.45, 7) is 5.61. The Morgan fingerprint density at radius 2 is 2.20 bits per heavy atom. The number of aryl methyl sites for hydroxylation is 2. The zero-order valence-electron chi connectivity index (χ0n) is 9.58. The van der Waals surface area contributed by atoms with Crippen LogP contribution < -0.4 is 11.1 Å². The number of aromatic nitrogens is 2. The zero-order valence-corrected chi connectivity index (χ0v) is 9.58. The van der Waals surface area contributed by atoms with Gasteiger partial charge in [-0.1, -0.05) is 20.3 Å². The molecule has 1 aromatic rings. The molecule has 0 bridgehead atoms. The first kappa shape index (κ1) is 11.9. The Morgan fingerprint density at radius 1 is 1.40 bits per heavy atom. The van der Waals surface area contributed by atoms with Gasteiger partial charge in [-0.15, -0.1) is 0 Å². The molecule has 0 fully saturated rings. The van der Waals surface area contributed by atoms with E-state index in [-0.39, 0.29) is 0 Å². The van der Waals surface area contributed by atoms with Gasteiger partial charge in [0.05, 0.1) is 0 Å². The average Bonchev–Trinajstić information content (AvgIpc) is 2.27. The van der Waals surface area contributed by atoms with Crippen molar-refractivity contribution < 1.29 is 0 Å². The fraction of sp³-hybridized carbons (Fsp3) is 0.636. The van der Waals surface area contributed by atoms with E-state index >= 15 is 0 Å². The summed E-state index contributed by atoms with van der Waals surface area (Å²) in [5.74, 6) is 0.695. The predicted octanol–water partition coefficient (Wildman–Crippen LogP) is 1.36. The molecule has 1 rings (SSSR count). The fourth-order valence-electron chi connectivity index (χ4n) is 1.46. The molecule has 0 aliphatic carbocycles. The Bertz CT molecular complexity index is 299. The zero-order chi connectivity index (χ0) is 11.1. The van der Waals surface area contributed by atoms with Crippen molar-refractivity contribution in [2.75, 3.05) is 18.4 Å². The predicted molar refractivity (Wildman–Crippen MR) is 62.9 cm³/mol. The quantitative estimate of drug-likeness (QED) is 0.741. The number of nitrogens with zero attached hydrogens (tertiary/aromatic N) is 2. The Balaban J connectivity index is 2.79. The highest BCUT2D eigenvalue weighted by Crippen LogP contribution is 2.10. The van der Waals surface area contributed by atoms with Crippen molar-refractivity contribution in [3.63, 3.8) is 0 Å². The highest BCUT2D eigenvalue weighted by atomic mass is 15.1. The van der Waals surface area contributed by atoms with Crippen molar-refractivity contribution in [2.24, 2.45) is 5.73 Å². The molecule has 4 heteroatoms. The third kappa shape index (κ3) is 3.47. The molecule has 3 N–H and O–H groups in total. The molecular weight excluding hydrogens is 188 g/mol. The summed E-state index contributed by atoms with van der Waals surface area (Å²) in [6, 6.07) is 0. The number of nitrogens with two attached hydrogens (primary N) is 1.